The standard InChI is InChI=1S/C24H28N2O3S/c1-3-4-14-29-20-12-11-17(15-21(20)28-2)24(27)26-13-7-8-18(16-26)23-25-19-9-5-6-10-22(19)30-23/h5-6,9-12,15,18H,3-4,7-8,13-14,16H2,1-2H3/t18-/m0/s1. The number of piperidine rings is 1. The van der Waals surface area contributed by atoms with Gasteiger partial charge in [-0.05, 0) is 49.6 Å². The first-order chi connectivity index (χ1) is 14.7. The molecule has 1 atom stereocenters. The van der Waals surface area contributed by atoms with Crippen LogP contribution < -0.4 is 9.47 Å². The number of benzene rings is 2. The maximum absolute atomic E-state index is 13.2. The van der Waals surface area contributed by atoms with Crippen LogP contribution in [-0.4, -0.2) is 42.6 Å². The number of likely N-dealkylation sites (tertiary alicyclic amines) is 1. The van der Waals surface area contributed by atoms with Gasteiger partial charge in [0.05, 0.1) is 28.9 Å². The Hall–Kier alpha value is -2.60. The van der Waals surface area contributed by atoms with Crippen LogP contribution in [0.25, 0.3) is 10.2 Å². The second-order valence-electron chi connectivity index (χ2n) is 7.68. The number of hydrogen-bond donors (Lipinski definition) is 0. The van der Waals surface area contributed by atoms with Gasteiger partial charge < -0.3 is 14.4 Å². The van der Waals surface area contributed by atoms with Crippen molar-refractivity contribution in [3.05, 3.63) is 53.0 Å². The molecule has 1 aliphatic rings. The molecule has 0 spiro atoms. The average molecular weight is 425 g/mol. The molecule has 1 fully saturated rings. The molecular weight excluding hydrogens is 396 g/mol. The summed E-state index contributed by atoms with van der Waals surface area (Å²) in [7, 11) is 1.61. The van der Waals surface area contributed by atoms with Crippen LogP contribution in [0.4, 0.5) is 0 Å². The van der Waals surface area contributed by atoms with Crippen LogP contribution in [0.2, 0.25) is 0 Å². The van der Waals surface area contributed by atoms with E-state index in [-0.39, 0.29) is 5.91 Å². The van der Waals surface area contributed by atoms with E-state index in [0.29, 0.717) is 36.1 Å². The zero-order valence-corrected chi connectivity index (χ0v) is 18.4. The number of amides is 1. The first kappa shape index (κ1) is 20.7. The SMILES string of the molecule is CCCCOc1ccc(C(=O)N2CCC[C@H](c3nc4ccccc4s3)C2)cc1OC. The van der Waals surface area contributed by atoms with Crippen molar-refractivity contribution < 1.29 is 14.3 Å². The van der Waals surface area contributed by atoms with Crippen LogP contribution in [0, 0.1) is 0 Å². The van der Waals surface area contributed by atoms with Crippen LogP contribution in [0.3, 0.4) is 0 Å². The quantitative estimate of drug-likeness (QED) is 0.470. The average Bonchev–Trinajstić information content (AvgIpc) is 3.23. The van der Waals surface area contributed by atoms with E-state index < -0.39 is 0 Å². The van der Waals surface area contributed by atoms with Crippen molar-refractivity contribution in [2.24, 2.45) is 0 Å². The molecule has 4 rings (SSSR count). The van der Waals surface area contributed by atoms with Crippen molar-refractivity contribution in [2.75, 3.05) is 26.8 Å². The van der Waals surface area contributed by atoms with E-state index in [4.69, 9.17) is 14.5 Å². The highest BCUT2D eigenvalue weighted by atomic mass is 32.1. The van der Waals surface area contributed by atoms with E-state index in [1.54, 1.807) is 24.5 Å². The summed E-state index contributed by atoms with van der Waals surface area (Å²) in [5, 5.41) is 1.13. The van der Waals surface area contributed by atoms with Gasteiger partial charge in [0.2, 0.25) is 0 Å². The fraction of sp³-hybridized carbons (Fsp3) is 0.417. The van der Waals surface area contributed by atoms with Gasteiger partial charge in [-0.2, -0.15) is 0 Å². The molecule has 1 aromatic heterocycles. The third kappa shape index (κ3) is 4.43. The summed E-state index contributed by atoms with van der Waals surface area (Å²) in [6.45, 7) is 4.26. The molecule has 1 saturated heterocycles. The zero-order valence-electron chi connectivity index (χ0n) is 17.6. The summed E-state index contributed by atoms with van der Waals surface area (Å²) < 4.78 is 12.5. The Morgan fingerprint density at radius 3 is 2.90 bits per heavy atom. The molecule has 0 radical (unpaired) electrons. The highest BCUT2D eigenvalue weighted by molar-refractivity contribution is 7.18. The zero-order chi connectivity index (χ0) is 20.9. The topological polar surface area (TPSA) is 51.7 Å². The molecule has 6 heteroatoms. The number of thiazole rings is 1. The van der Waals surface area contributed by atoms with Gasteiger partial charge in [-0.15, -0.1) is 11.3 Å². The van der Waals surface area contributed by atoms with E-state index in [0.717, 1.165) is 42.8 Å². The number of unbranched alkanes of at least 4 members (excludes halogenated alkanes) is 1. The lowest BCUT2D eigenvalue weighted by Crippen LogP contribution is -2.39. The Morgan fingerprint density at radius 2 is 2.10 bits per heavy atom. The summed E-state index contributed by atoms with van der Waals surface area (Å²) >= 11 is 1.75. The largest absolute Gasteiger partial charge is 0.493 e. The molecular formula is C24H28N2O3S. The van der Waals surface area contributed by atoms with E-state index in [1.807, 2.05) is 29.2 Å². The monoisotopic (exact) mass is 424 g/mol. The number of rotatable bonds is 7. The maximum atomic E-state index is 13.2. The molecule has 2 heterocycles. The normalized spacial score (nSPS) is 16.6. The maximum Gasteiger partial charge on any atom is 0.254 e. The molecule has 0 aliphatic carbocycles. The lowest BCUT2D eigenvalue weighted by atomic mass is 9.98. The number of para-hydroxylation sites is 1. The van der Waals surface area contributed by atoms with Crippen LogP contribution in [-0.2, 0) is 0 Å². The summed E-state index contributed by atoms with van der Waals surface area (Å²) in [4.78, 5) is 20.0. The Balaban J connectivity index is 1.48. The second kappa shape index (κ2) is 9.47. The van der Waals surface area contributed by atoms with E-state index >= 15 is 0 Å². The molecule has 5 nitrogen and oxygen atoms in total. The minimum absolute atomic E-state index is 0.0409. The Kier molecular flexibility index (Phi) is 6.53. The highest BCUT2D eigenvalue weighted by Crippen LogP contribution is 2.34. The summed E-state index contributed by atoms with van der Waals surface area (Å²) in [6.07, 6.45) is 4.12. The summed E-state index contributed by atoms with van der Waals surface area (Å²) in [5.41, 5.74) is 1.68. The summed E-state index contributed by atoms with van der Waals surface area (Å²) in [6, 6.07) is 13.7. The van der Waals surface area contributed by atoms with Gasteiger partial charge in [0.15, 0.2) is 11.5 Å². The minimum Gasteiger partial charge on any atom is -0.493 e. The second-order valence-corrected chi connectivity index (χ2v) is 8.74. The van der Waals surface area contributed by atoms with Crippen molar-refractivity contribution in [2.45, 2.75) is 38.5 Å². The minimum atomic E-state index is 0.0409. The third-order valence-electron chi connectivity index (χ3n) is 5.53. The molecule has 0 unspecified atom stereocenters. The number of hydrogen-bond acceptors (Lipinski definition) is 5. The number of aromatic nitrogens is 1. The molecule has 2 aromatic carbocycles. The van der Waals surface area contributed by atoms with Crippen LogP contribution in [0.1, 0.15) is 53.9 Å². The number of carbonyl (C=O) groups is 1. The van der Waals surface area contributed by atoms with E-state index in [2.05, 4.69) is 19.1 Å². The van der Waals surface area contributed by atoms with Gasteiger partial charge in [0.25, 0.3) is 5.91 Å². The Bertz CT molecular complexity index is 984. The van der Waals surface area contributed by atoms with Gasteiger partial charge >= 0.3 is 0 Å². The highest BCUT2D eigenvalue weighted by Gasteiger charge is 2.28. The van der Waals surface area contributed by atoms with Crippen molar-refractivity contribution >= 4 is 27.5 Å². The molecule has 0 bridgehead atoms. The van der Waals surface area contributed by atoms with Crippen molar-refractivity contribution in [1.29, 1.82) is 0 Å². The van der Waals surface area contributed by atoms with Gasteiger partial charge in [-0.25, -0.2) is 4.98 Å². The lowest BCUT2D eigenvalue weighted by molar-refractivity contribution is 0.0706. The molecule has 0 N–H and O–H groups in total. The first-order valence-electron chi connectivity index (χ1n) is 10.6. The van der Waals surface area contributed by atoms with Crippen LogP contribution >= 0.6 is 11.3 Å². The molecule has 1 amide bonds. The predicted octanol–water partition coefficient (Wildman–Crippen LogP) is 5.50. The van der Waals surface area contributed by atoms with Gasteiger partial charge in [0.1, 0.15) is 0 Å². The van der Waals surface area contributed by atoms with Crippen molar-refractivity contribution in [3.8, 4) is 11.5 Å². The predicted molar refractivity (Wildman–Crippen MR) is 121 cm³/mol. The molecule has 3 aromatic rings. The Morgan fingerprint density at radius 1 is 1.23 bits per heavy atom. The smallest absolute Gasteiger partial charge is 0.254 e. The van der Waals surface area contributed by atoms with Crippen LogP contribution in [0.15, 0.2) is 42.5 Å². The summed E-state index contributed by atoms with van der Waals surface area (Å²) in [5.74, 6) is 1.63. The van der Waals surface area contributed by atoms with E-state index in [1.165, 1.54) is 4.70 Å². The van der Waals surface area contributed by atoms with Crippen LogP contribution in [0.5, 0.6) is 11.5 Å². The van der Waals surface area contributed by atoms with Crippen molar-refractivity contribution in [1.82, 2.24) is 9.88 Å². The number of ether oxygens (including phenoxy) is 2. The molecule has 30 heavy (non-hydrogen) atoms. The number of nitrogens with zero attached hydrogens (tertiary/aromatic N) is 2. The Labute approximate surface area is 181 Å². The molecule has 0 saturated carbocycles. The fourth-order valence-corrected chi connectivity index (χ4v) is 4.95. The molecule has 1 aliphatic heterocycles. The lowest BCUT2D eigenvalue weighted by Gasteiger charge is -2.32. The van der Waals surface area contributed by atoms with Crippen molar-refractivity contribution in [3.63, 3.8) is 0 Å². The fourth-order valence-electron chi connectivity index (χ4n) is 3.86. The van der Waals surface area contributed by atoms with E-state index in [9.17, 15) is 4.79 Å². The molecule has 158 valence electrons. The number of methoxy groups -OCH3 is 1. The first-order valence-corrected chi connectivity index (χ1v) is 11.5. The third-order valence-corrected chi connectivity index (χ3v) is 6.73. The number of carbonyl (C=O) groups excluding carboxylic acids is 1. The van der Waals surface area contributed by atoms with Gasteiger partial charge in [-0.3, -0.25) is 4.79 Å². The number of fused-ring (bicyclic) bond motifs is 1. The van der Waals surface area contributed by atoms with Gasteiger partial charge in [-0.1, -0.05) is 25.5 Å². The van der Waals surface area contributed by atoms with Gasteiger partial charge in [0, 0.05) is 24.6 Å².